The van der Waals surface area contributed by atoms with E-state index in [2.05, 4.69) is 52.2 Å². The number of rotatable bonds is 6. The van der Waals surface area contributed by atoms with Crippen molar-refractivity contribution in [1.82, 2.24) is 15.5 Å². The van der Waals surface area contributed by atoms with Crippen molar-refractivity contribution < 1.29 is 4.42 Å². The predicted octanol–water partition coefficient (Wildman–Crippen LogP) is 4.17. The van der Waals surface area contributed by atoms with Gasteiger partial charge in [0.2, 0.25) is 11.8 Å². The molecule has 0 bridgehead atoms. The van der Waals surface area contributed by atoms with E-state index in [1.807, 2.05) is 24.3 Å². The molecule has 20 heavy (non-hydrogen) atoms. The van der Waals surface area contributed by atoms with Gasteiger partial charge in [0.1, 0.15) is 0 Å². The lowest BCUT2D eigenvalue weighted by Gasteiger charge is -2.27. The lowest BCUT2D eigenvalue weighted by Crippen LogP contribution is -2.40. The van der Waals surface area contributed by atoms with E-state index in [9.17, 15) is 0 Å². The predicted molar refractivity (Wildman–Crippen MR) is 83.3 cm³/mol. The van der Waals surface area contributed by atoms with Crippen LogP contribution in [0, 0.1) is 0 Å². The second-order valence-corrected chi connectivity index (χ2v) is 5.96. The van der Waals surface area contributed by atoms with Crippen LogP contribution in [-0.2, 0) is 6.54 Å². The average Bonchev–Trinajstić information content (AvgIpc) is 2.94. The van der Waals surface area contributed by atoms with Gasteiger partial charge in [0.25, 0.3) is 0 Å². The topological polar surface area (TPSA) is 51.0 Å². The van der Waals surface area contributed by atoms with E-state index < -0.39 is 0 Å². The molecule has 0 amide bonds. The van der Waals surface area contributed by atoms with Crippen LogP contribution < -0.4 is 5.32 Å². The lowest BCUT2D eigenvalue weighted by molar-refractivity contribution is 0.311. The minimum atomic E-state index is 0.113. The summed E-state index contributed by atoms with van der Waals surface area (Å²) >= 11 is 3.49. The van der Waals surface area contributed by atoms with Crippen LogP contribution >= 0.6 is 15.9 Å². The van der Waals surface area contributed by atoms with Gasteiger partial charge in [-0.3, -0.25) is 0 Å². The van der Waals surface area contributed by atoms with Crippen molar-refractivity contribution in [3.63, 3.8) is 0 Å². The molecule has 2 aromatic rings. The molecule has 0 saturated heterocycles. The first kappa shape index (κ1) is 15.2. The Kier molecular flexibility index (Phi) is 4.94. The van der Waals surface area contributed by atoms with Crippen molar-refractivity contribution in [3.05, 3.63) is 34.6 Å². The summed E-state index contributed by atoms with van der Waals surface area (Å²) in [5.74, 6) is 1.16. The van der Waals surface area contributed by atoms with Gasteiger partial charge in [0.15, 0.2) is 0 Å². The highest BCUT2D eigenvalue weighted by molar-refractivity contribution is 9.10. The summed E-state index contributed by atoms with van der Waals surface area (Å²) in [5.41, 5.74) is 1.03. The van der Waals surface area contributed by atoms with Crippen LogP contribution in [0.3, 0.4) is 0 Å². The number of hydrogen-bond acceptors (Lipinski definition) is 4. The van der Waals surface area contributed by atoms with Crippen LogP contribution in [0.1, 0.15) is 39.5 Å². The third-order valence-electron chi connectivity index (χ3n) is 3.80. The molecule has 1 heterocycles. The van der Waals surface area contributed by atoms with Gasteiger partial charge in [-0.15, -0.1) is 10.2 Å². The third-order valence-corrected chi connectivity index (χ3v) is 4.49. The van der Waals surface area contributed by atoms with E-state index in [-0.39, 0.29) is 5.54 Å². The maximum atomic E-state index is 5.72. The molecule has 5 heteroatoms. The molecule has 0 aliphatic heterocycles. The Balaban J connectivity index is 2.09. The normalized spacial score (nSPS) is 11.8. The molecule has 1 N–H and O–H groups in total. The molecule has 0 aliphatic rings. The van der Waals surface area contributed by atoms with Crippen molar-refractivity contribution in [3.8, 4) is 11.5 Å². The minimum Gasteiger partial charge on any atom is -0.419 e. The summed E-state index contributed by atoms with van der Waals surface area (Å²) in [6.45, 7) is 7.15. The quantitative estimate of drug-likeness (QED) is 0.859. The Morgan fingerprint density at radius 2 is 1.90 bits per heavy atom. The largest absolute Gasteiger partial charge is 0.419 e. The smallest absolute Gasteiger partial charge is 0.248 e. The number of nitrogens with one attached hydrogen (secondary N) is 1. The van der Waals surface area contributed by atoms with Gasteiger partial charge in [0, 0.05) is 10.0 Å². The Morgan fingerprint density at radius 3 is 2.55 bits per heavy atom. The van der Waals surface area contributed by atoms with E-state index in [1.54, 1.807) is 0 Å². The maximum absolute atomic E-state index is 5.72. The molecule has 0 unspecified atom stereocenters. The first-order valence-electron chi connectivity index (χ1n) is 6.90. The van der Waals surface area contributed by atoms with Crippen LogP contribution in [0.15, 0.2) is 33.2 Å². The Morgan fingerprint density at radius 1 is 1.20 bits per heavy atom. The van der Waals surface area contributed by atoms with E-state index >= 15 is 0 Å². The summed E-state index contributed by atoms with van der Waals surface area (Å²) in [6.07, 6.45) is 2.13. The zero-order chi connectivity index (χ0) is 14.6. The highest BCUT2D eigenvalue weighted by Gasteiger charge is 2.20. The van der Waals surface area contributed by atoms with Crippen molar-refractivity contribution in [2.45, 2.75) is 45.7 Å². The molecule has 0 aliphatic carbocycles. The molecule has 0 spiro atoms. The number of halogens is 1. The molecular weight excluding hydrogens is 318 g/mol. The highest BCUT2D eigenvalue weighted by atomic mass is 79.9. The van der Waals surface area contributed by atoms with Crippen LogP contribution in [0.4, 0.5) is 0 Å². The molecule has 1 aromatic carbocycles. The second kappa shape index (κ2) is 6.50. The molecular formula is C15H20BrN3O. The minimum absolute atomic E-state index is 0.113. The van der Waals surface area contributed by atoms with Crippen LogP contribution in [-0.4, -0.2) is 15.7 Å². The van der Waals surface area contributed by atoms with Gasteiger partial charge >= 0.3 is 0 Å². The molecule has 108 valence electrons. The summed E-state index contributed by atoms with van der Waals surface area (Å²) in [7, 11) is 0. The van der Waals surface area contributed by atoms with Crippen LogP contribution in [0.5, 0.6) is 0 Å². The molecule has 1 aromatic heterocycles. The standard InChI is InChI=1S/C15H20BrN3O/c1-4-15(3,5-2)17-10-13-18-19-14(20-13)11-8-6-7-9-12(11)16/h6-9,17H,4-5,10H2,1-3H3. The molecule has 0 atom stereocenters. The van der Waals surface area contributed by atoms with E-state index in [0.29, 0.717) is 18.3 Å². The zero-order valence-corrected chi connectivity index (χ0v) is 13.7. The first-order chi connectivity index (χ1) is 9.58. The Bertz CT molecular complexity index is 564. The van der Waals surface area contributed by atoms with Crippen LogP contribution in [0.25, 0.3) is 11.5 Å². The van der Waals surface area contributed by atoms with Gasteiger partial charge in [0.05, 0.1) is 12.1 Å². The summed E-state index contributed by atoms with van der Waals surface area (Å²) < 4.78 is 6.67. The van der Waals surface area contributed by atoms with Crippen molar-refractivity contribution in [1.29, 1.82) is 0 Å². The lowest BCUT2D eigenvalue weighted by atomic mass is 9.96. The SMILES string of the molecule is CCC(C)(CC)NCc1nnc(-c2ccccc2Br)o1. The molecule has 4 nitrogen and oxygen atoms in total. The Hall–Kier alpha value is -1.20. The van der Waals surface area contributed by atoms with Gasteiger partial charge in [-0.2, -0.15) is 0 Å². The molecule has 2 rings (SSSR count). The van der Waals surface area contributed by atoms with E-state index in [1.165, 1.54) is 0 Å². The van der Waals surface area contributed by atoms with Gasteiger partial charge < -0.3 is 9.73 Å². The number of benzene rings is 1. The van der Waals surface area contributed by atoms with Crippen molar-refractivity contribution in [2.75, 3.05) is 0 Å². The van der Waals surface area contributed by atoms with Gasteiger partial charge in [-0.05, 0) is 47.8 Å². The number of hydrogen-bond donors (Lipinski definition) is 1. The van der Waals surface area contributed by atoms with E-state index in [4.69, 9.17) is 4.42 Å². The molecule has 0 radical (unpaired) electrons. The second-order valence-electron chi connectivity index (χ2n) is 5.10. The molecule has 0 saturated carbocycles. The third kappa shape index (κ3) is 3.46. The summed E-state index contributed by atoms with van der Waals surface area (Å²) in [6, 6.07) is 7.83. The monoisotopic (exact) mass is 337 g/mol. The van der Waals surface area contributed by atoms with Gasteiger partial charge in [-0.1, -0.05) is 26.0 Å². The zero-order valence-electron chi connectivity index (χ0n) is 12.1. The van der Waals surface area contributed by atoms with Crippen molar-refractivity contribution in [2.24, 2.45) is 0 Å². The maximum Gasteiger partial charge on any atom is 0.248 e. The van der Waals surface area contributed by atoms with Crippen molar-refractivity contribution >= 4 is 15.9 Å². The fraction of sp³-hybridized carbons (Fsp3) is 0.467. The fourth-order valence-electron chi connectivity index (χ4n) is 1.86. The summed E-state index contributed by atoms with van der Waals surface area (Å²) in [4.78, 5) is 0. The first-order valence-corrected chi connectivity index (χ1v) is 7.69. The number of nitrogens with zero attached hydrogens (tertiary/aromatic N) is 2. The average molecular weight is 338 g/mol. The molecule has 0 fully saturated rings. The van der Waals surface area contributed by atoms with E-state index in [0.717, 1.165) is 22.9 Å². The fourth-order valence-corrected chi connectivity index (χ4v) is 2.31. The number of aromatic nitrogens is 2. The highest BCUT2D eigenvalue weighted by Crippen LogP contribution is 2.26. The Labute approximate surface area is 128 Å². The van der Waals surface area contributed by atoms with Crippen LogP contribution in [0.2, 0.25) is 0 Å². The van der Waals surface area contributed by atoms with Gasteiger partial charge in [-0.25, -0.2) is 0 Å². The summed E-state index contributed by atoms with van der Waals surface area (Å²) in [5, 5.41) is 11.7.